The fourth-order valence-electron chi connectivity index (χ4n) is 1.50. The van der Waals surface area contributed by atoms with Crippen LogP contribution in [0.5, 0.6) is 0 Å². The Morgan fingerprint density at radius 2 is 2.28 bits per heavy atom. The van der Waals surface area contributed by atoms with Crippen molar-refractivity contribution < 1.29 is 4.42 Å². The van der Waals surface area contributed by atoms with Gasteiger partial charge >= 0.3 is 0 Å². The number of nitrogens with one attached hydrogen (secondary N) is 1. The number of hydrogen-bond donors (Lipinski definition) is 1. The summed E-state index contributed by atoms with van der Waals surface area (Å²) >= 11 is 3.42. The first-order valence-corrected chi connectivity index (χ1v) is 6.69. The lowest BCUT2D eigenvalue weighted by Crippen LogP contribution is -2.19. The summed E-state index contributed by atoms with van der Waals surface area (Å²) in [6.07, 6.45) is 2.76. The molecular weight excluding hydrogens is 296 g/mol. The number of rotatable bonds is 5. The van der Waals surface area contributed by atoms with E-state index in [1.165, 1.54) is 0 Å². The molecule has 2 rings (SSSR count). The first-order chi connectivity index (χ1) is 8.72. The Morgan fingerprint density at radius 1 is 1.44 bits per heavy atom. The van der Waals surface area contributed by atoms with Crippen LogP contribution < -0.4 is 5.32 Å². The summed E-state index contributed by atoms with van der Waals surface area (Å²) in [5.41, 5.74) is 0.666. The van der Waals surface area contributed by atoms with Crippen molar-refractivity contribution in [3.8, 4) is 11.6 Å². The van der Waals surface area contributed by atoms with Crippen LogP contribution in [0.25, 0.3) is 11.6 Å². The lowest BCUT2D eigenvalue weighted by molar-refractivity contribution is 0.422. The second-order valence-corrected chi connectivity index (χ2v) is 4.81. The molecule has 0 aliphatic heterocycles. The van der Waals surface area contributed by atoms with Crippen LogP contribution in [0, 0.1) is 0 Å². The van der Waals surface area contributed by atoms with Crippen LogP contribution in [0.4, 0.5) is 0 Å². The maximum atomic E-state index is 5.63. The minimum Gasteiger partial charge on any atom is -0.418 e. The predicted molar refractivity (Wildman–Crippen MR) is 71.9 cm³/mol. The molecule has 0 spiro atoms. The van der Waals surface area contributed by atoms with Crippen LogP contribution in [-0.2, 0) is 0 Å². The SMILES string of the molecule is CCCNC(C)c1nnc(-c2ncccc2Br)o1. The van der Waals surface area contributed by atoms with E-state index >= 15 is 0 Å². The van der Waals surface area contributed by atoms with Crippen molar-refractivity contribution in [1.29, 1.82) is 0 Å². The van der Waals surface area contributed by atoms with Gasteiger partial charge in [-0.05, 0) is 48.0 Å². The molecule has 0 bridgehead atoms. The third kappa shape index (κ3) is 2.94. The van der Waals surface area contributed by atoms with E-state index in [9.17, 15) is 0 Å². The maximum absolute atomic E-state index is 5.63. The van der Waals surface area contributed by atoms with Gasteiger partial charge in [0.1, 0.15) is 5.69 Å². The molecule has 2 aromatic rings. The Hall–Kier alpha value is -1.27. The minimum atomic E-state index is 0.0497. The standard InChI is InChI=1S/C12H15BrN4O/c1-3-6-14-8(2)11-16-17-12(18-11)10-9(13)5-4-7-15-10/h4-5,7-8,14H,3,6H2,1-2H3. The fraction of sp³-hybridized carbons (Fsp3) is 0.417. The van der Waals surface area contributed by atoms with Crippen molar-refractivity contribution >= 4 is 15.9 Å². The number of halogens is 1. The molecule has 2 aromatic heterocycles. The van der Waals surface area contributed by atoms with Gasteiger partial charge in [0.2, 0.25) is 5.89 Å². The third-order valence-electron chi connectivity index (χ3n) is 2.47. The molecule has 0 radical (unpaired) electrons. The topological polar surface area (TPSA) is 63.8 Å². The smallest absolute Gasteiger partial charge is 0.267 e. The van der Waals surface area contributed by atoms with Gasteiger partial charge in [-0.15, -0.1) is 10.2 Å². The van der Waals surface area contributed by atoms with Gasteiger partial charge in [-0.25, -0.2) is 4.98 Å². The highest BCUT2D eigenvalue weighted by Crippen LogP contribution is 2.25. The number of hydrogen-bond acceptors (Lipinski definition) is 5. The molecule has 1 atom stereocenters. The summed E-state index contributed by atoms with van der Waals surface area (Å²) in [5.74, 6) is 1.01. The number of nitrogens with zero attached hydrogens (tertiary/aromatic N) is 3. The monoisotopic (exact) mass is 310 g/mol. The molecule has 0 fully saturated rings. The summed E-state index contributed by atoms with van der Waals surface area (Å²) in [7, 11) is 0. The van der Waals surface area contributed by atoms with E-state index in [4.69, 9.17) is 4.42 Å². The average Bonchev–Trinajstić information content (AvgIpc) is 2.86. The van der Waals surface area contributed by atoms with E-state index in [0.717, 1.165) is 17.4 Å². The Kier molecular flexibility index (Phi) is 4.43. The molecule has 1 N–H and O–H groups in total. The molecule has 96 valence electrons. The zero-order chi connectivity index (χ0) is 13.0. The molecule has 0 saturated heterocycles. The van der Waals surface area contributed by atoms with Crippen molar-refractivity contribution in [2.45, 2.75) is 26.3 Å². The Labute approximate surface area is 114 Å². The van der Waals surface area contributed by atoms with Crippen molar-refractivity contribution in [2.24, 2.45) is 0 Å². The van der Waals surface area contributed by atoms with Crippen molar-refractivity contribution in [3.63, 3.8) is 0 Å². The quantitative estimate of drug-likeness (QED) is 0.920. The fourth-order valence-corrected chi connectivity index (χ4v) is 1.92. The van der Waals surface area contributed by atoms with E-state index in [1.807, 2.05) is 19.1 Å². The molecule has 1 unspecified atom stereocenters. The van der Waals surface area contributed by atoms with Gasteiger partial charge in [0.25, 0.3) is 5.89 Å². The van der Waals surface area contributed by atoms with Gasteiger partial charge in [-0.1, -0.05) is 6.92 Å². The predicted octanol–water partition coefficient (Wildman–Crippen LogP) is 2.95. The van der Waals surface area contributed by atoms with Crippen LogP contribution >= 0.6 is 15.9 Å². The van der Waals surface area contributed by atoms with Crippen LogP contribution in [0.2, 0.25) is 0 Å². The van der Waals surface area contributed by atoms with Gasteiger partial charge in [-0.3, -0.25) is 0 Å². The lowest BCUT2D eigenvalue weighted by Gasteiger charge is -2.07. The highest BCUT2D eigenvalue weighted by molar-refractivity contribution is 9.10. The Balaban J connectivity index is 2.18. The zero-order valence-electron chi connectivity index (χ0n) is 10.4. The molecule has 0 amide bonds. The normalized spacial score (nSPS) is 12.6. The molecule has 2 heterocycles. The molecule has 18 heavy (non-hydrogen) atoms. The van der Waals surface area contributed by atoms with Crippen LogP contribution in [0.15, 0.2) is 27.2 Å². The average molecular weight is 311 g/mol. The summed E-state index contributed by atoms with van der Waals surface area (Å²) in [6.45, 7) is 5.04. The third-order valence-corrected chi connectivity index (χ3v) is 3.11. The van der Waals surface area contributed by atoms with E-state index in [1.54, 1.807) is 6.20 Å². The number of aromatic nitrogens is 3. The second-order valence-electron chi connectivity index (χ2n) is 3.96. The minimum absolute atomic E-state index is 0.0497. The summed E-state index contributed by atoms with van der Waals surface area (Å²) in [5, 5.41) is 11.4. The first-order valence-electron chi connectivity index (χ1n) is 5.90. The highest BCUT2D eigenvalue weighted by Gasteiger charge is 2.16. The van der Waals surface area contributed by atoms with Crippen molar-refractivity contribution in [3.05, 3.63) is 28.7 Å². The van der Waals surface area contributed by atoms with Gasteiger partial charge in [0.15, 0.2) is 0 Å². The molecule has 0 aliphatic carbocycles. The largest absolute Gasteiger partial charge is 0.418 e. The van der Waals surface area contributed by atoms with Crippen LogP contribution in [-0.4, -0.2) is 21.7 Å². The summed E-state index contributed by atoms with van der Waals surface area (Å²) in [4.78, 5) is 4.22. The van der Waals surface area contributed by atoms with Crippen LogP contribution in [0.3, 0.4) is 0 Å². The van der Waals surface area contributed by atoms with Gasteiger partial charge < -0.3 is 9.73 Å². The zero-order valence-corrected chi connectivity index (χ0v) is 11.9. The molecule has 5 nitrogen and oxygen atoms in total. The van der Waals surface area contributed by atoms with Crippen molar-refractivity contribution in [1.82, 2.24) is 20.5 Å². The van der Waals surface area contributed by atoms with E-state index in [0.29, 0.717) is 17.5 Å². The Bertz CT molecular complexity index is 514. The molecule has 6 heteroatoms. The molecule has 0 saturated carbocycles. The molecular formula is C12H15BrN4O. The summed E-state index contributed by atoms with van der Waals surface area (Å²) < 4.78 is 6.47. The maximum Gasteiger partial charge on any atom is 0.267 e. The van der Waals surface area contributed by atoms with Gasteiger partial charge in [0.05, 0.1) is 6.04 Å². The summed E-state index contributed by atoms with van der Waals surface area (Å²) in [6, 6.07) is 3.79. The molecule has 0 aromatic carbocycles. The number of pyridine rings is 1. The Morgan fingerprint density at radius 3 is 3.00 bits per heavy atom. The van der Waals surface area contributed by atoms with E-state index < -0.39 is 0 Å². The second kappa shape index (κ2) is 6.06. The molecule has 0 aliphatic rings. The van der Waals surface area contributed by atoms with E-state index in [2.05, 4.69) is 43.4 Å². The first kappa shape index (κ1) is 13.2. The van der Waals surface area contributed by atoms with Gasteiger partial charge in [0, 0.05) is 10.7 Å². The van der Waals surface area contributed by atoms with Gasteiger partial charge in [-0.2, -0.15) is 0 Å². The van der Waals surface area contributed by atoms with Crippen molar-refractivity contribution in [2.75, 3.05) is 6.54 Å². The highest BCUT2D eigenvalue weighted by atomic mass is 79.9. The van der Waals surface area contributed by atoms with Crippen LogP contribution in [0.1, 0.15) is 32.2 Å². The van der Waals surface area contributed by atoms with E-state index in [-0.39, 0.29) is 6.04 Å². The lowest BCUT2D eigenvalue weighted by atomic mass is 10.3.